The quantitative estimate of drug-likeness (QED) is 0.780. The van der Waals surface area contributed by atoms with E-state index >= 15 is 0 Å². The highest BCUT2D eigenvalue weighted by Crippen LogP contribution is 2.11. The van der Waals surface area contributed by atoms with Crippen LogP contribution in [0, 0.1) is 12.8 Å². The Kier molecular flexibility index (Phi) is 5.22. The molecule has 0 aliphatic heterocycles. The predicted molar refractivity (Wildman–Crippen MR) is 66.0 cm³/mol. The second-order valence-electron chi connectivity index (χ2n) is 4.03. The van der Waals surface area contributed by atoms with Crippen LogP contribution in [0.4, 0.5) is 0 Å². The van der Waals surface area contributed by atoms with Gasteiger partial charge in [0.15, 0.2) is 0 Å². The van der Waals surface area contributed by atoms with Crippen molar-refractivity contribution in [3.63, 3.8) is 0 Å². The smallest absolute Gasteiger partial charge is 0.0897 e. The van der Waals surface area contributed by atoms with Crippen LogP contribution >= 0.6 is 11.3 Å². The third kappa shape index (κ3) is 4.28. The van der Waals surface area contributed by atoms with Gasteiger partial charge in [0.1, 0.15) is 0 Å². The first-order chi connectivity index (χ1) is 7.13. The molecule has 0 radical (unpaired) electrons. The summed E-state index contributed by atoms with van der Waals surface area (Å²) in [5.74, 6) is 0.584. The summed E-state index contributed by atoms with van der Waals surface area (Å²) in [5, 5.41) is 4.50. The van der Waals surface area contributed by atoms with Gasteiger partial charge in [-0.15, -0.1) is 11.3 Å². The Morgan fingerprint density at radius 2 is 2.33 bits per heavy atom. The van der Waals surface area contributed by atoms with Crippen LogP contribution in [-0.2, 0) is 6.54 Å². The number of hydrogen-bond acceptors (Lipinski definition) is 4. The molecule has 3 nitrogen and oxygen atoms in total. The molecule has 2 unspecified atom stereocenters. The molecule has 0 aromatic carbocycles. The van der Waals surface area contributed by atoms with Gasteiger partial charge in [0.25, 0.3) is 0 Å². The first-order valence-electron chi connectivity index (χ1n) is 5.51. The van der Waals surface area contributed by atoms with Crippen LogP contribution in [0.25, 0.3) is 0 Å². The lowest BCUT2D eigenvalue weighted by Gasteiger charge is -2.18. The van der Waals surface area contributed by atoms with E-state index in [-0.39, 0.29) is 6.04 Å². The second kappa shape index (κ2) is 6.20. The Morgan fingerprint density at radius 1 is 1.60 bits per heavy atom. The van der Waals surface area contributed by atoms with Gasteiger partial charge in [-0.05, 0) is 12.8 Å². The molecule has 0 aliphatic carbocycles. The lowest BCUT2D eigenvalue weighted by Crippen LogP contribution is -2.38. The number of rotatable bonds is 6. The molecule has 4 heteroatoms. The first kappa shape index (κ1) is 12.6. The maximum Gasteiger partial charge on any atom is 0.0897 e. The number of nitrogens with zero attached hydrogens (tertiary/aromatic N) is 1. The molecule has 0 spiro atoms. The standard InChI is InChI=1S/C11H21N3S/c1-4-8(2)11(12)7-13-5-10-6-14-9(3)15-10/h6,8,11,13H,4-5,7,12H2,1-3H3. The highest BCUT2D eigenvalue weighted by molar-refractivity contribution is 7.11. The van der Waals surface area contributed by atoms with Crippen LogP contribution in [0.5, 0.6) is 0 Å². The zero-order valence-electron chi connectivity index (χ0n) is 9.79. The Labute approximate surface area is 96.1 Å². The number of aryl methyl sites for hydroxylation is 1. The summed E-state index contributed by atoms with van der Waals surface area (Å²) >= 11 is 1.74. The minimum absolute atomic E-state index is 0.254. The van der Waals surface area contributed by atoms with Crippen molar-refractivity contribution in [2.24, 2.45) is 11.7 Å². The van der Waals surface area contributed by atoms with Gasteiger partial charge in [-0.3, -0.25) is 0 Å². The number of hydrogen-bond donors (Lipinski definition) is 2. The molecule has 1 aromatic rings. The van der Waals surface area contributed by atoms with Gasteiger partial charge in [0.2, 0.25) is 0 Å². The van der Waals surface area contributed by atoms with Crippen molar-refractivity contribution < 1.29 is 0 Å². The molecule has 0 amide bonds. The summed E-state index contributed by atoms with van der Waals surface area (Å²) in [5.41, 5.74) is 6.02. The average Bonchev–Trinajstić information content (AvgIpc) is 2.63. The van der Waals surface area contributed by atoms with Gasteiger partial charge in [-0.1, -0.05) is 20.3 Å². The third-order valence-electron chi connectivity index (χ3n) is 2.72. The maximum atomic E-state index is 6.02. The Balaban J connectivity index is 2.21. The Hall–Kier alpha value is -0.450. The maximum absolute atomic E-state index is 6.02. The summed E-state index contributed by atoms with van der Waals surface area (Å²) in [6.07, 6.45) is 3.07. The SMILES string of the molecule is CCC(C)C(N)CNCc1cnc(C)s1. The van der Waals surface area contributed by atoms with Gasteiger partial charge < -0.3 is 11.1 Å². The highest BCUT2D eigenvalue weighted by atomic mass is 32.1. The van der Waals surface area contributed by atoms with Crippen LogP contribution in [0.3, 0.4) is 0 Å². The van der Waals surface area contributed by atoms with Crippen molar-refractivity contribution in [2.45, 2.75) is 39.8 Å². The second-order valence-corrected chi connectivity index (χ2v) is 5.35. The number of nitrogens with one attached hydrogen (secondary N) is 1. The highest BCUT2D eigenvalue weighted by Gasteiger charge is 2.09. The molecular weight excluding hydrogens is 206 g/mol. The van der Waals surface area contributed by atoms with E-state index in [1.54, 1.807) is 11.3 Å². The molecular formula is C11H21N3S. The van der Waals surface area contributed by atoms with Crippen molar-refractivity contribution in [1.29, 1.82) is 0 Å². The Bertz CT molecular complexity index is 285. The van der Waals surface area contributed by atoms with Gasteiger partial charge in [-0.25, -0.2) is 4.98 Å². The molecule has 0 saturated carbocycles. The fraction of sp³-hybridized carbons (Fsp3) is 0.727. The van der Waals surface area contributed by atoms with E-state index < -0.39 is 0 Å². The minimum Gasteiger partial charge on any atom is -0.326 e. The van der Waals surface area contributed by atoms with Gasteiger partial charge in [-0.2, -0.15) is 0 Å². The van der Waals surface area contributed by atoms with Crippen molar-refractivity contribution >= 4 is 11.3 Å². The van der Waals surface area contributed by atoms with E-state index in [1.165, 1.54) is 4.88 Å². The summed E-state index contributed by atoms with van der Waals surface area (Å²) in [4.78, 5) is 5.49. The lowest BCUT2D eigenvalue weighted by atomic mass is 10.0. The lowest BCUT2D eigenvalue weighted by molar-refractivity contribution is 0.419. The average molecular weight is 227 g/mol. The molecule has 15 heavy (non-hydrogen) atoms. The van der Waals surface area contributed by atoms with Gasteiger partial charge in [0, 0.05) is 30.2 Å². The molecule has 2 atom stereocenters. The summed E-state index contributed by atoms with van der Waals surface area (Å²) in [6, 6.07) is 0.254. The van der Waals surface area contributed by atoms with Gasteiger partial charge >= 0.3 is 0 Å². The molecule has 1 heterocycles. The van der Waals surface area contributed by atoms with Crippen molar-refractivity contribution in [1.82, 2.24) is 10.3 Å². The van der Waals surface area contributed by atoms with Crippen LogP contribution in [0.2, 0.25) is 0 Å². The van der Waals surface area contributed by atoms with Crippen molar-refractivity contribution in [2.75, 3.05) is 6.54 Å². The minimum atomic E-state index is 0.254. The van der Waals surface area contributed by atoms with E-state index in [9.17, 15) is 0 Å². The number of aromatic nitrogens is 1. The van der Waals surface area contributed by atoms with Crippen LogP contribution in [0.15, 0.2) is 6.20 Å². The summed E-state index contributed by atoms with van der Waals surface area (Å²) in [7, 11) is 0. The molecule has 86 valence electrons. The molecule has 0 saturated heterocycles. The van der Waals surface area contributed by atoms with E-state index in [4.69, 9.17) is 5.73 Å². The van der Waals surface area contributed by atoms with Gasteiger partial charge in [0.05, 0.1) is 5.01 Å². The molecule has 1 aromatic heterocycles. The van der Waals surface area contributed by atoms with Crippen LogP contribution < -0.4 is 11.1 Å². The Morgan fingerprint density at radius 3 is 2.87 bits per heavy atom. The topological polar surface area (TPSA) is 50.9 Å². The number of thiazole rings is 1. The first-order valence-corrected chi connectivity index (χ1v) is 6.32. The summed E-state index contributed by atoms with van der Waals surface area (Å²) < 4.78 is 0. The zero-order chi connectivity index (χ0) is 11.3. The van der Waals surface area contributed by atoms with Crippen LogP contribution in [0.1, 0.15) is 30.2 Å². The fourth-order valence-corrected chi connectivity index (χ4v) is 2.12. The monoisotopic (exact) mass is 227 g/mol. The van der Waals surface area contributed by atoms with E-state index in [1.807, 2.05) is 13.1 Å². The molecule has 0 aliphatic rings. The van der Waals surface area contributed by atoms with Crippen molar-refractivity contribution in [3.8, 4) is 0 Å². The summed E-state index contributed by atoms with van der Waals surface area (Å²) in [6.45, 7) is 8.17. The predicted octanol–water partition coefficient (Wildman–Crippen LogP) is 1.91. The molecule has 1 rings (SSSR count). The molecule has 0 fully saturated rings. The van der Waals surface area contributed by atoms with E-state index in [0.29, 0.717) is 5.92 Å². The van der Waals surface area contributed by atoms with Crippen LogP contribution in [-0.4, -0.2) is 17.6 Å². The number of nitrogens with two attached hydrogens (primary N) is 1. The molecule has 3 N–H and O–H groups in total. The third-order valence-corrected chi connectivity index (χ3v) is 3.64. The fourth-order valence-electron chi connectivity index (χ4n) is 1.35. The molecule has 0 bridgehead atoms. The normalized spacial score (nSPS) is 15.2. The van der Waals surface area contributed by atoms with E-state index in [0.717, 1.165) is 24.5 Å². The van der Waals surface area contributed by atoms with Crippen molar-refractivity contribution in [3.05, 3.63) is 16.1 Å². The zero-order valence-corrected chi connectivity index (χ0v) is 10.6. The van der Waals surface area contributed by atoms with E-state index in [2.05, 4.69) is 24.1 Å². The largest absolute Gasteiger partial charge is 0.326 e.